The lowest BCUT2D eigenvalue weighted by Gasteiger charge is -2.05. The van der Waals surface area contributed by atoms with E-state index in [1.165, 1.54) is 6.42 Å². The summed E-state index contributed by atoms with van der Waals surface area (Å²) in [7, 11) is 0. The lowest BCUT2D eigenvalue weighted by Crippen LogP contribution is -2.05. The van der Waals surface area contributed by atoms with Crippen LogP contribution < -0.4 is 5.73 Å². The Morgan fingerprint density at radius 1 is 1.41 bits per heavy atom. The number of halogens is 2. The van der Waals surface area contributed by atoms with Crippen LogP contribution in [-0.2, 0) is 6.54 Å². The molecule has 90 valence electrons. The Kier molecular flexibility index (Phi) is 2.49. The van der Waals surface area contributed by atoms with E-state index >= 15 is 0 Å². The summed E-state index contributed by atoms with van der Waals surface area (Å²) in [4.78, 5) is 4.32. The Morgan fingerprint density at radius 3 is 2.71 bits per heavy atom. The molecule has 2 aromatic rings. The topological polar surface area (TPSA) is 43.8 Å². The van der Waals surface area contributed by atoms with Gasteiger partial charge >= 0.3 is 0 Å². The van der Waals surface area contributed by atoms with Gasteiger partial charge in [0, 0.05) is 6.54 Å². The normalized spacial score (nSPS) is 23.2. The van der Waals surface area contributed by atoms with Gasteiger partial charge in [-0.05, 0) is 30.4 Å². The molecule has 0 saturated heterocycles. The third-order valence-electron chi connectivity index (χ3n) is 3.51. The van der Waals surface area contributed by atoms with Gasteiger partial charge in [-0.25, -0.2) is 4.98 Å². The minimum atomic E-state index is 0.517. The molecule has 3 nitrogen and oxygen atoms in total. The van der Waals surface area contributed by atoms with Crippen molar-refractivity contribution >= 4 is 40.2 Å². The quantitative estimate of drug-likeness (QED) is 0.906. The van der Waals surface area contributed by atoms with E-state index in [0.717, 1.165) is 23.5 Å². The summed E-state index contributed by atoms with van der Waals surface area (Å²) in [6.45, 7) is 3.17. The molecule has 1 heterocycles. The molecule has 0 spiro atoms. The number of hydrogen-bond acceptors (Lipinski definition) is 2. The molecular formula is C12H13Cl2N3. The van der Waals surface area contributed by atoms with Gasteiger partial charge in [0.15, 0.2) is 0 Å². The number of rotatable bonds is 2. The zero-order valence-corrected chi connectivity index (χ0v) is 11.0. The van der Waals surface area contributed by atoms with Crippen LogP contribution >= 0.6 is 23.2 Å². The van der Waals surface area contributed by atoms with Crippen LogP contribution in [0.1, 0.15) is 13.3 Å². The molecule has 1 aromatic carbocycles. The number of hydrogen-bond donors (Lipinski definition) is 1. The third-order valence-corrected chi connectivity index (χ3v) is 4.24. The zero-order chi connectivity index (χ0) is 12.2. The van der Waals surface area contributed by atoms with Gasteiger partial charge in [-0.3, -0.25) is 0 Å². The summed E-state index contributed by atoms with van der Waals surface area (Å²) in [6.07, 6.45) is 1.26. The first-order chi connectivity index (χ1) is 8.06. The summed E-state index contributed by atoms with van der Waals surface area (Å²) in [5.41, 5.74) is 7.72. The molecule has 1 saturated carbocycles. The van der Waals surface area contributed by atoms with Crippen molar-refractivity contribution in [3.63, 3.8) is 0 Å². The highest BCUT2D eigenvalue weighted by molar-refractivity contribution is 6.42. The van der Waals surface area contributed by atoms with Gasteiger partial charge < -0.3 is 10.3 Å². The van der Waals surface area contributed by atoms with E-state index in [0.29, 0.717) is 21.9 Å². The summed E-state index contributed by atoms with van der Waals surface area (Å²) in [6, 6.07) is 3.61. The molecule has 17 heavy (non-hydrogen) atoms. The van der Waals surface area contributed by atoms with Crippen molar-refractivity contribution in [3.8, 4) is 0 Å². The van der Waals surface area contributed by atoms with E-state index in [9.17, 15) is 0 Å². The van der Waals surface area contributed by atoms with Crippen LogP contribution in [0.15, 0.2) is 12.1 Å². The van der Waals surface area contributed by atoms with Crippen molar-refractivity contribution in [2.24, 2.45) is 11.8 Å². The van der Waals surface area contributed by atoms with Crippen LogP contribution in [0.5, 0.6) is 0 Å². The molecule has 3 rings (SSSR count). The van der Waals surface area contributed by atoms with E-state index < -0.39 is 0 Å². The average Bonchev–Trinajstić information content (AvgIpc) is 2.88. The lowest BCUT2D eigenvalue weighted by molar-refractivity contribution is 0.613. The van der Waals surface area contributed by atoms with E-state index in [-0.39, 0.29) is 0 Å². The maximum Gasteiger partial charge on any atom is 0.201 e. The first kappa shape index (κ1) is 11.2. The first-order valence-corrected chi connectivity index (χ1v) is 6.42. The van der Waals surface area contributed by atoms with Crippen LogP contribution in [0.3, 0.4) is 0 Å². The first-order valence-electron chi connectivity index (χ1n) is 5.67. The number of benzene rings is 1. The highest BCUT2D eigenvalue weighted by atomic mass is 35.5. The summed E-state index contributed by atoms with van der Waals surface area (Å²) in [5, 5.41) is 1.06. The van der Waals surface area contributed by atoms with Crippen molar-refractivity contribution < 1.29 is 0 Å². The van der Waals surface area contributed by atoms with Gasteiger partial charge in [-0.2, -0.15) is 0 Å². The van der Waals surface area contributed by atoms with Gasteiger partial charge in [0.25, 0.3) is 0 Å². The van der Waals surface area contributed by atoms with Crippen LogP contribution in [0.2, 0.25) is 10.0 Å². The second-order valence-corrected chi connectivity index (χ2v) is 5.62. The van der Waals surface area contributed by atoms with E-state index in [1.807, 2.05) is 10.6 Å². The summed E-state index contributed by atoms with van der Waals surface area (Å²) < 4.78 is 2.03. The van der Waals surface area contributed by atoms with Gasteiger partial charge in [0.1, 0.15) is 0 Å². The molecule has 1 aromatic heterocycles. The van der Waals surface area contributed by atoms with Gasteiger partial charge in [0.05, 0.1) is 21.1 Å². The molecule has 2 atom stereocenters. The van der Waals surface area contributed by atoms with E-state index in [4.69, 9.17) is 28.9 Å². The van der Waals surface area contributed by atoms with Crippen molar-refractivity contribution in [2.75, 3.05) is 5.73 Å². The fraction of sp³-hybridized carbons (Fsp3) is 0.417. The molecule has 0 bridgehead atoms. The van der Waals surface area contributed by atoms with E-state index in [1.54, 1.807) is 6.07 Å². The number of imidazole rings is 1. The minimum Gasteiger partial charge on any atom is -0.369 e. The number of fused-ring (bicyclic) bond motifs is 1. The molecule has 5 heteroatoms. The number of nitrogens with zero attached hydrogens (tertiary/aromatic N) is 2. The van der Waals surface area contributed by atoms with Crippen LogP contribution in [0.25, 0.3) is 11.0 Å². The monoisotopic (exact) mass is 269 g/mol. The highest BCUT2D eigenvalue weighted by Gasteiger charge is 2.33. The highest BCUT2D eigenvalue weighted by Crippen LogP contribution is 2.40. The molecule has 2 unspecified atom stereocenters. The Bertz CT molecular complexity index is 591. The smallest absolute Gasteiger partial charge is 0.201 e. The van der Waals surface area contributed by atoms with Crippen molar-refractivity contribution in [1.29, 1.82) is 0 Å². The molecule has 0 amide bonds. The number of nitrogens with two attached hydrogens (primary N) is 1. The fourth-order valence-electron chi connectivity index (χ4n) is 2.22. The predicted octanol–water partition coefficient (Wildman–Crippen LogP) is 3.58. The maximum absolute atomic E-state index is 6.04. The minimum absolute atomic E-state index is 0.517. The fourth-order valence-corrected chi connectivity index (χ4v) is 2.53. The van der Waals surface area contributed by atoms with Gasteiger partial charge in [-0.1, -0.05) is 30.1 Å². The Labute approximate surface area is 110 Å². The second-order valence-electron chi connectivity index (χ2n) is 4.81. The number of anilines is 1. The van der Waals surface area contributed by atoms with E-state index in [2.05, 4.69) is 11.9 Å². The number of aromatic nitrogens is 2. The Balaban J connectivity index is 2.09. The molecule has 0 radical (unpaired) electrons. The molecule has 1 fully saturated rings. The molecular weight excluding hydrogens is 257 g/mol. The van der Waals surface area contributed by atoms with Gasteiger partial charge in [-0.15, -0.1) is 0 Å². The standard InChI is InChI=1S/C12H13Cl2N3/c1-6-2-7(6)5-17-11-4-9(14)8(13)3-10(11)16-12(17)15/h3-4,6-7H,2,5H2,1H3,(H2,15,16). The largest absolute Gasteiger partial charge is 0.369 e. The van der Waals surface area contributed by atoms with Crippen LogP contribution in [0, 0.1) is 11.8 Å². The summed E-state index contributed by atoms with van der Waals surface area (Å²) in [5.74, 6) is 2.04. The molecule has 1 aliphatic carbocycles. The van der Waals surface area contributed by atoms with Gasteiger partial charge in [0.2, 0.25) is 5.95 Å². The van der Waals surface area contributed by atoms with Crippen molar-refractivity contribution in [3.05, 3.63) is 22.2 Å². The molecule has 0 aliphatic heterocycles. The number of nitrogen functional groups attached to an aromatic ring is 1. The van der Waals surface area contributed by atoms with Crippen molar-refractivity contribution in [2.45, 2.75) is 19.9 Å². The zero-order valence-electron chi connectivity index (χ0n) is 9.45. The summed E-state index contributed by atoms with van der Waals surface area (Å²) >= 11 is 12.0. The molecule has 2 N–H and O–H groups in total. The Hall–Kier alpha value is -0.930. The van der Waals surface area contributed by atoms with Crippen molar-refractivity contribution in [1.82, 2.24) is 9.55 Å². The predicted molar refractivity (Wildman–Crippen MR) is 71.4 cm³/mol. The maximum atomic E-state index is 6.04. The SMILES string of the molecule is CC1CC1Cn1c(N)nc2cc(Cl)c(Cl)cc21. The third kappa shape index (κ3) is 1.87. The van der Waals surface area contributed by atoms with Crippen LogP contribution in [0.4, 0.5) is 5.95 Å². The van der Waals surface area contributed by atoms with Crippen LogP contribution in [-0.4, -0.2) is 9.55 Å². The average molecular weight is 270 g/mol. The molecule has 1 aliphatic rings. The Morgan fingerprint density at radius 2 is 2.06 bits per heavy atom. The lowest BCUT2D eigenvalue weighted by atomic mass is 10.3. The second kappa shape index (κ2) is 3.79.